The van der Waals surface area contributed by atoms with Crippen LogP contribution in [-0.4, -0.2) is 24.5 Å². The second-order valence-corrected chi connectivity index (χ2v) is 6.50. The number of nitriles is 1. The minimum absolute atomic E-state index is 0.0264. The van der Waals surface area contributed by atoms with Crippen LogP contribution in [0.2, 0.25) is 5.02 Å². The van der Waals surface area contributed by atoms with Crippen molar-refractivity contribution in [1.29, 1.82) is 5.26 Å². The average molecular weight is 325 g/mol. The Morgan fingerprint density at radius 2 is 2.24 bits per heavy atom. The third-order valence-corrected chi connectivity index (χ3v) is 4.86. The molecule has 2 rings (SSSR count). The van der Waals surface area contributed by atoms with Crippen LogP contribution in [0.25, 0.3) is 0 Å². The summed E-state index contributed by atoms with van der Waals surface area (Å²) in [5, 5.41) is 8.77. The zero-order valence-corrected chi connectivity index (χ0v) is 12.8. The first-order valence-electron chi connectivity index (χ1n) is 6.09. The first-order valence-corrected chi connectivity index (χ1v) is 7.95. The lowest BCUT2D eigenvalue weighted by atomic mass is 10.2. The molecule has 0 aliphatic rings. The van der Waals surface area contributed by atoms with Crippen molar-refractivity contribution in [1.82, 2.24) is 14.3 Å². The lowest BCUT2D eigenvalue weighted by molar-refractivity contribution is 0.580. The third-order valence-electron chi connectivity index (χ3n) is 2.91. The van der Waals surface area contributed by atoms with Gasteiger partial charge >= 0.3 is 0 Å². The van der Waals surface area contributed by atoms with Gasteiger partial charge in [-0.05, 0) is 18.2 Å². The highest BCUT2D eigenvalue weighted by Gasteiger charge is 2.18. The Kier molecular flexibility index (Phi) is 4.63. The van der Waals surface area contributed by atoms with Gasteiger partial charge in [0.1, 0.15) is 10.7 Å². The maximum absolute atomic E-state index is 12.2. The number of hydrogen-bond acceptors (Lipinski definition) is 4. The van der Waals surface area contributed by atoms with Gasteiger partial charge in [0.25, 0.3) is 0 Å². The summed E-state index contributed by atoms with van der Waals surface area (Å²) in [5.41, 5.74) is 0.312. The van der Waals surface area contributed by atoms with E-state index in [2.05, 4.69) is 9.71 Å². The SMILES string of the molecule is Cn1ccnc1CCNS(=O)(=O)c1ccc(C#N)cc1Cl. The zero-order chi connectivity index (χ0) is 15.5. The molecule has 0 saturated carbocycles. The van der Waals surface area contributed by atoms with E-state index in [1.807, 2.05) is 17.7 Å². The minimum atomic E-state index is -3.71. The Morgan fingerprint density at radius 1 is 1.48 bits per heavy atom. The fraction of sp³-hybridized carbons (Fsp3) is 0.231. The molecular formula is C13H13ClN4O2S. The molecule has 0 fully saturated rings. The van der Waals surface area contributed by atoms with E-state index in [9.17, 15) is 8.42 Å². The number of hydrogen-bond donors (Lipinski definition) is 1. The summed E-state index contributed by atoms with van der Waals surface area (Å²) >= 11 is 5.91. The normalized spacial score (nSPS) is 11.3. The Balaban J connectivity index is 2.09. The average Bonchev–Trinajstić information content (AvgIpc) is 2.83. The Bertz CT molecular complexity index is 793. The number of nitrogens with one attached hydrogen (secondary N) is 1. The predicted octanol–water partition coefficient (Wildman–Crippen LogP) is 1.47. The maximum atomic E-state index is 12.2. The minimum Gasteiger partial charge on any atom is -0.338 e. The summed E-state index contributed by atoms with van der Waals surface area (Å²) in [6.45, 7) is 0.212. The molecule has 0 saturated heterocycles. The second-order valence-electron chi connectivity index (χ2n) is 4.36. The van der Waals surface area contributed by atoms with Crippen LogP contribution in [0.5, 0.6) is 0 Å². The number of sulfonamides is 1. The van der Waals surface area contributed by atoms with Crippen molar-refractivity contribution in [3.8, 4) is 6.07 Å². The smallest absolute Gasteiger partial charge is 0.242 e. The number of aromatic nitrogens is 2. The van der Waals surface area contributed by atoms with Gasteiger partial charge < -0.3 is 4.57 Å². The first kappa shape index (κ1) is 15.5. The molecule has 0 aliphatic heterocycles. The van der Waals surface area contributed by atoms with Crippen LogP contribution in [-0.2, 0) is 23.5 Å². The molecule has 21 heavy (non-hydrogen) atoms. The summed E-state index contributed by atoms with van der Waals surface area (Å²) in [7, 11) is -1.87. The third kappa shape index (κ3) is 3.61. The number of aryl methyl sites for hydroxylation is 1. The van der Waals surface area contributed by atoms with E-state index in [1.54, 1.807) is 12.4 Å². The summed E-state index contributed by atoms with van der Waals surface area (Å²) in [4.78, 5) is 4.08. The number of benzene rings is 1. The Morgan fingerprint density at radius 3 is 2.81 bits per heavy atom. The highest BCUT2D eigenvalue weighted by atomic mass is 35.5. The summed E-state index contributed by atoms with van der Waals surface area (Å²) in [6, 6.07) is 5.97. The van der Waals surface area contributed by atoms with Crippen LogP contribution >= 0.6 is 11.6 Å². The van der Waals surface area contributed by atoms with Crippen LogP contribution < -0.4 is 4.72 Å². The van der Waals surface area contributed by atoms with Crippen molar-refractivity contribution in [2.45, 2.75) is 11.3 Å². The van der Waals surface area contributed by atoms with Crippen LogP contribution in [0.4, 0.5) is 0 Å². The van der Waals surface area contributed by atoms with Crippen molar-refractivity contribution < 1.29 is 8.42 Å². The van der Waals surface area contributed by atoms with Gasteiger partial charge in [-0.1, -0.05) is 11.6 Å². The highest BCUT2D eigenvalue weighted by molar-refractivity contribution is 7.89. The predicted molar refractivity (Wildman–Crippen MR) is 78.3 cm³/mol. The molecule has 1 aromatic heterocycles. The van der Waals surface area contributed by atoms with Gasteiger partial charge in [0, 0.05) is 32.4 Å². The van der Waals surface area contributed by atoms with Crippen LogP contribution in [0.3, 0.4) is 0 Å². The molecule has 0 atom stereocenters. The van der Waals surface area contributed by atoms with Gasteiger partial charge in [-0.25, -0.2) is 18.1 Å². The molecule has 0 amide bonds. The number of halogens is 1. The summed E-state index contributed by atoms with van der Waals surface area (Å²) in [6.07, 6.45) is 3.92. The Hall–Kier alpha value is -1.88. The maximum Gasteiger partial charge on any atom is 0.242 e. The van der Waals surface area contributed by atoms with Crippen molar-refractivity contribution in [2.24, 2.45) is 7.05 Å². The van der Waals surface area contributed by atoms with E-state index >= 15 is 0 Å². The lowest BCUT2D eigenvalue weighted by Crippen LogP contribution is -2.26. The van der Waals surface area contributed by atoms with E-state index in [4.69, 9.17) is 16.9 Å². The Labute approximate surface area is 128 Å². The van der Waals surface area contributed by atoms with Crippen molar-refractivity contribution in [3.05, 3.63) is 47.0 Å². The molecule has 6 nitrogen and oxygen atoms in total. The molecule has 0 radical (unpaired) electrons. The van der Waals surface area contributed by atoms with Crippen molar-refractivity contribution >= 4 is 21.6 Å². The molecule has 8 heteroatoms. The van der Waals surface area contributed by atoms with Crippen LogP contribution in [0.15, 0.2) is 35.5 Å². The highest BCUT2D eigenvalue weighted by Crippen LogP contribution is 2.22. The lowest BCUT2D eigenvalue weighted by Gasteiger charge is -2.08. The fourth-order valence-electron chi connectivity index (χ4n) is 1.80. The molecule has 1 aromatic carbocycles. The van der Waals surface area contributed by atoms with E-state index in [-0.39, 0.29) is 16.5 Å². The molecule has 2 aromatic rings. The summed E-state index contributed by atoms with van der Waals surface area (Å²) < 4.78 is 28.6. The van der Waals surface area contributed by atoms with E-state index in [0.29, 0.717) is 12.0 Å². The van der Waals surface area contributed by atoms with Crippen LogP contribution in [0, 0.1) is 11.3 Å². The first-order chi connectivity index (χ1) is 9.94. The van der Waals surface area contributed by atoms with Gasteiger partial charge in [0.15, 0.2) is 0 Å². The molecule has 0 bridgehead atoms. The summed E-state index contributed by atoms with van der Waals surface area (Å²) in [5.74, 6) is 0.781. The fourth-order valence-corrected chi connectivity index (χ4v) is 3.38. The van der Waals surface area contributed by atoms with Gasteiger partial charge in [0.05, 0.1) is 16.7 Å². The number of imidazole rings is 1. The topological polar surface area (TPSA) is 87.8 Å². The molecular weight excluding hydrogens is 312 g/mol. The molecule has 1 N–H and O–H groups in total. The van der Waals surface area contributed by atoms with Crippen molar-refractivity contribution in [3.63, 3.8) is 0 Å². The van der Waals surface area contributed by atoms with E-state index in [0.717, 1.165) is 5.82 Å². The number of nitrogens with zero attached hydrogens (tertiary/aromatic N) is 3. The van der Waals surface area contributed by atoms with Gasteiger partial charge in [-0.3, -0.25) is 0 Å². The van der Waals surface area contributed by atoms with Gasteiger partial charge in [0.2, 0.25) is 10.0 Å². The largest absolute Gasteiger partial charge is 0.338 e. The van der Waals surface area contributed by atoms with Crippen molar-refractivity contribution in [2.75, 3.05) is 6.54 Å². The van der Waals surface area contributed by atoms with Crippen LogP contribution in [0.1, 0.15) is 11.4 Å². The van der Waals surface area contributed by atoms with E-state index in [1.165, 1.54) is 18.2 Å². The standard InChI is InChI=1S/C13H13ClN4O2S/c1-18-7-6-16-13(18)4-5-17-21(19,20)12-3-2-10(9-15)8-11(12)14/h2-3,6-8,17H,4-5H2,1H3. The van der Waals surface area contributed by atoms with Gasteiger partial charge in [-0.15, -0.1) is 0 Å². The molecule has 1 heterocycles. The molecule has 0 unspecified atom stereocenters. The monoisotopic (exact) mass is 324 g/mol. The second kappa shape index (κ2) is 6.26. The molecule has 0 spiro atoms. The molecule has 110 valence electrons. The van der Waals surface area contributed by atoms with E-state index < -0.39 is 10.0 Å². The molecule has 0 aliphatic carbocycles. The quantitative estimate of drug-likeness (QED) is 0.902. The zero-order valence-electron chi connectivity index (χ0n) is 11.2. The van der Waals surface area contributed by atoms with Gasteiger partial charge in [-0.2, -0.15) is 5.26 Å². The number of rotatable bonds is 5.